The first kappa shape index (κ1) is 37.7. The van der Waals surface area contributed by atoms with Crippen molar-refractivity contribution >= 4 is 33.7 Å². The topological polar surface area (TPSA) is 223 Å². The van der Waals surface area contributed by atoms with E-state index in [4.69, 9.17) is 11.5 Å². The highest BCUT2D eigenvalue weighted by Gasteiger charge is 2.09. The molecule has 6 aromatic rings. The molecule has 16 heteroatoms. The van der Waals surface area contributed by atoms with Gasteiger partial charge in [-0.3, -0.25) is 23.7 Å². The molecule has 0 bridgehead atoms. The van der Waals surface area contributed by atoms with Gasteiger partial charge in [-0.25, -0.2) is 24.5 Å². The van der Waals surface area contributed by atoms with Gasteiger partial charge in [-0.15, -0.1) is 0 Å². The van der Waals surface area contributed by atoms with Gasteiger partial charge < -0.3 is 25.6 Å². The molecule has 0 fully saturated rings. The maximum absolute atomic E-state index is 11.5. The average molecular weight is 675 g/mol. The number of nitrogens with two attached hydrogens (primary N) is 2. The van der Waals surface area contributed by atoms with Crippen molar-refractivity contribution in [3.8, 4) is 0 Å². The predicted molar refractivity (Wildman–Crippen MR) is 193 cm³/mol. The van der Waals surface area contributed by atoms with Gasteiger partial charge in [0.05, 0.1) is 10.8 Å². The van der Waals surface area contributed by atoms with Crippen molar-refractivity contribution in [2.45, 2.75) is 86.5 Å². The summed E-state index contributed by atoms with van der Waals surface area (Å²) in [7, 11) is 0. The minimum Gasteiger partial charge on any atom is -0.383 e. The molecule has 6 heterocycles. The Labute approximate surface area is 282 Å². The molecule has 0 amide bonds. The number of H-pyrrole nitrogens is 2. The lowest BCUT2D eigenvalue weighted by Gasteiger charge is -2.07. The Morgan fingerprint density at radius 2 is 1.14 bits per heavy atom. The lowest BCUT2D eigenvalue weighted by Crippen LogP contribution is -2.29. The fourth-order valence-corrected chi connectivity index (χ4v) is 4.63. The number of aromatic amines is 2. The molecule has 262 valence electrons. The number of aryl methyl sites for hydroxylation is 1. The Balaban J connectivity index is 0.000000178. The summed E-state index contributed by atoms with van der Waals surface area (Å²) in [5.41, 5.74) is 11.6. The number of aromatic nitrogens is 10. The van der Waals surface area contributed by atoms with Crippen molar-refractivity contribution in [3.05, 3.63) is 103 Å². The first-order chi connectivity index (χ1) is 23.0. The zero-order chi connectivity index (χ0) is 36.6. The summed E-state index contributed by atoms with van der Waals surface area (Å²) in [5.74, 6) is 1.47. The summed E-state index contributed by atoms with van der Waals surface area (Å²) >= 11 is 0. The Morgan fingerprint density at radius 1 is 0.612 bits per heavy atom. The van der Waals surface area contributed by atoms with Crippen molar-refractivity contribution in [1.29, 1.82) is 0 Å². The average Bonchev–Trinajstić information content (AvgIpc) is 3.64. The van der Waals surface area contributed by atoms with E-state index >= 15 is 0 Å². The van der Waals surface area contributed by atoms with Crippen LogP contribution in [0.4, 0.5) is 11.6 Å². The number of nitrogens with zero attached hydrogens (tertiary/aromatic N) is 8. The van der Waals surface area contributed by atoms with Gasteiger partial charge in [-0.1, -0.05) is 0 Å². The summed E-state index contributed by atoms with van der Waals surface area (Å²) in [6.45, 7) is 17.7. The molecular formula is C33H46N12O4. The third-order valence-corrected chi connectivity index (χ3v) is 7.17. The molecule has 0 unspecified atom stereocenters. The van der Waals surface area contributed by atoms with E-state index in [0.29, 0.717) is 29.1 Å². The standard InChI is InChI=1S/C10H13N3O.C9H12N4.C7H11N3O.C7H10N2O2/c1-6(2)13-5-4-8-9(13)11-7(3)12-10(8)14;1-6(2)13-4-3-7-8(10)11-5-12-9(7)13;1-5(2)10-4-3-6(8)9-7(10)11;1-5(2)9-4-3-6(10)8-7(9)11/h4-6H,1-3H3,(H,11,12,14);3-6H,1-2H3,(H2,10,11,12);3-5H,1-2H3,(H2,8,9,11);3-5H,1-2H3,(H,8,10,11). The van der Waals surface area contributed by atoms with Gasteiger partial charge in [0.25, 0.3) is 11.1 Å². The molecule has 0 aromatic carbocycles. The number of rotatable bonds is 4. The van der Waals surface area contributed by atoms with E-state index in [1.54, 1.807) is 25.3 Å². The smallest absolute Gasteiger partial charge is 0.349 e. The largest absolute Gasteiger partial charge is 0.383 e. The zero-order valence-electron chi connectivity index (χ0n) is 29.4. The van der Waals surface area contributed by atoms with Crippen LogP contribution in [0.25, 0.3) is 22.1 Å². The van der Waals surface area contributed by atoms with Crippen LogP contribution in [-0.4, -0.2) is 48.2 Å². The maximum Gasteiger partial charge on any atom is 0.349 e. The SMILES string of the molecule is CC(C)n1ccc(=O)[nH]c1=O.CC(C)n1ccc(N)nc1=O.CC(C)n1ccc2c(N)ncnc21.Cc1nc2c(ccn2C(C)C)c(=O)[nH]1. The predicted octanol–water partition coefficient (Wildman–Crippen LogP) is 3.73. The molecular weight excluding hydrogens is 628 g/mol. The lowest BCUT2D eigenvalue weighted by molar-refractivity contribution is 0.561. The van der Waals surface area contributed by atoms with Crippen molar-refractivity contribution in [2.75, 3.05) is 11.5 Å². The minimum absolute atomic E-state index is 0.0631. The van der Waals surface area contributed by atoms with E-state index in [1.807, 2.05) is 50.7 Å². The Kier molecular flexibility index (Phi) is 12.6. The van der Waals surface area contributed by atoms with Crippen molar-refractivity contribution in [1.82, 2.24) is 48.2 Å². The van der Waals surface area contributed by atoms with E-state index in [9.17, 15) is 19.2 Å². The Hall–Kier alpha value is -5.80. The van der Waals surface area contributed by atoms with E-state index < -0.39 is 0 Å². The molecule has 0 spiro atoms. The van der Waals surface area contributed by atoms with Crippen LogP contribution in [0.5, 0.6) is 0 Å². The van der Waals surface area contributed by atoms with Gasteiger partial charge in [0, 0.05) is 55.0 Å². The molecule has 0 aliphatic carbocycles. The highest BCUT2D eigenvalue weighted by Crippen LogP contribution is 2.20. The summed E-state index contributed by atoms with van der Waals surface area (Å²) in [5, 5.41) is 1.58. The molecule has 0 atom stereocenters. The molecule has 0 saturated carbocycles. The van der Waals surface area contributed by atoms with E-state index in [1.165, 1.54) is 27.7 Å². The maximum atomic E-state index is 11.5. The first-order valence-electron chi connectivity index (χ1n) is 15.8. The summed E-state index contributed by atoms with van der Waals surface area (Å²) < 4.78 is 7.06. The third kappa shape index (κ3) is 9.62. The molecule has 16 nitrogen and oxygen atoms in total. The highest BCUT2D eigenvalue weighted by atomic mass is 16.2. The minimum atomic E-state index is -0.355. The molecule has 0 radical (unpaired) electrons. The van der Waals surface area contributed by atoms with Crippen LogP contribution in [0.2, 0.25) is 0 Å². The fourth-order valence-electron chi connectivity index (χ4n) is 4.63. The Morgan fingerprint density at radius 3 is 1.69 bits per heavy atom. The highest BCUT2D eigenvalue weighted by molar-refractivity contribution is 5.86. The number of hydrogen-bond donors (Lipinski definition) is 4. The number of fused-ring (bicyclic) bond motifs is 2. The fraction of sp³-hybridized carbons (Fsp3) is 0.394. The van der Waals surface area contributed by atoms with Gasteiger partial charge in [0.2, 0.25) is 0 Å². The second-order valence-corrected chi connectivity index (χ2v) is 12.3. The van der Waals surface area contributed by atoms with Crippen LogP contribution in [0.3, 0.4) is 0 Å². The normalized spacial score (nSPS) is 11.0. The van der Waals surface area contributed by atoms with Gasteiger partial charge in [-0.05, 0) is 80.5 Å². The third-order valence-electron chi connectivity index (χ3n) is 7.17. The van der Waals surface area contributed by atoms with Crippen molar-refractivity contribution in [2.24, 2.45) is 0 Å². The van der Waals surface area contributed by atoms with Crippen LogP contribution in [0.15, 0.2) is 74.6 Å². The van der Waals surface area contributed by atoms with E-state index in [2.05, 4.69) is 62.2 Å². The Bertz CT molecular complexity index is 2230. The number of nitrogens with one attached hydrogen (secondary N) is 2. The number of nitrogen functional groups attached to an aromatic ring is 2. The monoisotopic (exact) mass is 674 g/mol. The summed E-state index contributed by atoms with van der Waals surface area (Å²) in [6.07, 6.45) is 8.52. The molecule has 0 aliphatic rings. The molecule has 0 aliphatic heterocycles. The molecule has 0 saturated heterocycles. The molecule has 6 N–H and O–H groups in total. The molecule has 6 aromatic heterocycles. The van der Waals surface area contributed by atoms with Gasteiger partial charge in [-0.2, -0.15) is 4.98 Å². The summed E-state index contributed by atoms with van der Waals surface area (Å²) in [6, 6.07) is 7.64. The lowest BCUT2D eigenvalue weighted by atomic mass is 10.4. The summed E-state index contributed by atoms with van der Waals surface area (Å²) in [4.78, 5) is 65.1. The first-order valence-corrected chi connectivity index (χ1v) is 15.8. The molecule has 6 rings (SSSR count). The van der Waals surface area contributed by atoms with Crippen LogP contribution in [0, 0.1) is 6.92 Å². The zero-order valence-corrected chi connectivity index (χ0v) is 29.4. The quantitative estimate of drug-likeness (QED) is 0.212. The molecule has 49 heavy (non-hydrogen) atoms. The van der Waals surface area contributed by atoms with Crippen LogP contribution in [-0.2, 0) is 0 Å². The van der Waals surface area contributed by atoms with E-state index in [-0.39, 0.29) is 40.4 Å². The van der Waals surface area contributed by atoms with Crippen molar-refractivity contribution in [3.63, 3.8) is 0 Å². The van der Waals surface area contributed by atoms with Crippen LogP contribution >= 0.6 is 0 Å². The second-order valence-electron chi connectivity index (χ2n) is 12.3. The van der Waals surface area contributed by atoms with Gasteiger partial charge in [0.15, 0.2) is 0 Å². The van der Waals surface area contributed by atoms with Gasteiger partial charge in [0.1, 0.15) is 35.1 Å². The van der Waals surface area contributed by atoms with Gasteiger partial charge >= 0.3 is 11.4 Å². The van der Waals surface area contributed by atoms with Crippen LogP contribution in [0.1, 0.15) is 85.4 Å². The number of hydrogen-bond acceptors (Lipinski definition) is 10. The second kappa shape index (κ2) is 16.3. The van der Waals surface area contributed by atoms with Crippen molar-refractivity contribution < 1.29 is 0 Å². The number of anilines is 2. The van der Waals surface area contributed by atoms with E-state index in [0.717, 1.165) is 16.7 Å². The van der Waals surface area contributed by atoms with Crippen LogP contribution < -0.4 is 34.0 Å².